The maximum Gasteiger partial charge on any atom is 0.00926 e. The molecule has 2 aliphatic rings. The quantitative estimate of drug-likeness (QED) is 0.749. The normalized spacial score (nSPS) is 41.1. The molecule has 1 aliphatic carbocycles. The second-order valence-corrected chi connectivity index (χ2v) is 6.42. The van der Waals surface area contributed by atoms with Gasteiger partial charge in [0.25, 0.3) is 0 Å². The molecule has 4 atom stereocenters. The Hall–Kier alpha value is -0.0800. The zero-order chi connectivity index (χ0) is 12.3. The van der Waals surface area contributed by atoms with E-state index in [1.807, 2.05) is 0 Å². The predicted octanol–water partition coefficient (Wildman–Crippen LogP) is 3.01. The van der Waals surface area contributed by atoms with E-state index in [0.717, 1.165) is 17.9 Å². The molecule has 2 nitrogen and oxygen atoms in total. The van der Waals surface area contributed by atoms with Crippen molar-refractivity contribution in [3.63, 3.8) is 0 Å². The molecule has 100 valence electrons. The van der Waals surface area contributed by atoms with Crippen molar-refractivity contribution in [2.45, 2.75) is 70.9 Å². The number of nitrogens with two attached hydrogens (primary N) is 1. The lowest BCUT2D eigenvalue weighted by Crippen LogP contribution is -2.47. The lowest BCUT2D eigenvalue weighted by Gasteiger charge is -2.40. The van der Waals surface area contributed by atoms with Gasteiger partial charge in [0.15, 0.2) is 0 Å². The number of hydrogen-bond donors (Lipinski definition) is 1. The Labute approximate surface area is 107 Å². The van der Waals surface area contributed by atoms with E-state index in [0.29, 0.717) is 6.04 Å². The predicted molar refractivity (Wildman–Crippen MR) is 74.0 cm³/mol. The molecule has 0 aromatic carbocycles. The van der Waals surface area contributed by atoms with Gasteiger partial charge in [-0.15, -0.1) is 0 Å². The standard InChI is InChI=1S/C15H30N2/c1-12-7-6-10-17(13(12)2)11-14-8-4-3-5-9-15(14)16/h12-15H,3-11,16H2,1-2H3. The third-order valence-corrected chi connectivity index (χ3v) is 5.19. The van der Waals surface area contributed by atoms with E-state index < -0.39 is 0 Å². The van der Waals surface area contributed by atoms with Crippen LogP contribution in [0.2, 0.25) is 0 Å². The first-order valence-corrected chi connectivity index (χ1v) is 7.68. The van der Waals surface area contributed by atoms with Gasteiger partial charge in [-0.2, -0.15) is 0 Å². The van der Waals surface area contributed by atoms with Crippen molar-refractivity contribution in [1.29, 1.82) is 0 Å². The number of piperidine rings is 1. The fourth-order valence-corrected chi connectivity index (χ4v) is 3.62. The summed E-state index contributed by atoms with van der Waals surface area (Å²) in [6.07, 6.45) is 9.55. The maximum atomic E-state index is 6.35. The third-order valence-electron chi connectivity index (χ3n) is 5.19. The lowest BCUT2D eigenvalue weighted by atomic mass is 9.89. The molecule has 4 unspecified atom stereocenters. The summed E-state index contributed by atoms with van der Waals surface area (Å²) >= 11 is 0. The van der Waals surface area contributed by atoms with Gasteiger partial charge in [-0.05, 0) is 51.0 Å². The smallest absolute Gasteiger partial charge is 0.00926 e. The monoisotopic (exact) mass is 238 g/mol. The van der Waals surface area contributed by atoms with Gasteiger partial charge in [0.2, 0.25) is 0 Å². The SMILES string of the molecule is CC1CCCN(CC2CCCCCC2N)C1C. The molecule has 1 saturated heterocycles. The summed E-state index contributed by atoms with van der Waals surface area (Å²) in [6.45, 7) is 7.37. The summed E-state index contributed by atoms with van der Waals surface area (Å²) in [5.41, 5.74) is 6.35. The Bertz CT molecular complexity index is 229. The maximum absolute atomic E-state index is 6.35. The first kappa shape index (κ1) is 13.4. The van der Waals surface area contributed by atoms with Crippen molar-refractivity contribution in [2.75, 3.05) is 13.1 Å². The summed E-state index contributed by atoms with van der Waals surface area (Å²) in [5, 5.41) is 0. The highest BCUT2D eigenvalue weighted by molar-refractivity contribution is 4.84. The first-order valence-electron chi connectivity index (χ1n) is 7.68. The summed E-state index contributed by atoms with van der Waals surface area (Å²) in [6, 6.07) is 1.22. The Morgan fingerprint density at radius 1 is 1.00 bits per heavy atom. The average molecular weight is 238 g/mol. The summed E-state index contributed by atoms with van der Waals surface area (Å²) in [4.78, 5) is 2.71. The fourth-order valence-electron chi connectivity index (χ4n) is 3.62. The number of rotatable bonds is 2. The average Bonchev–Trinajstić information content (AvgIpc) is 2.51. The molecule has 1 saturated carbocycles. The van der Waals surface area contributed by atoms with Crippen LogP contribution in [-0.4, -0.2) is 30.1 Å². The van der Waals surface area contributed by atoms with Crippen LogP contribution < -0.4 is 5.73 Å². The third kappa shape index (κ3) is 3.45. The Morgan fingerprint density at radius 2 is 1.76 bits per heavy atom. The molecule has 2 fully saturated rings. The molecule has 2 N–H and O–H groups in total. The molecule has 0 bridgehead atoms. The molecule has 0 aromatic heterocycles. The highest BCUT2D eigenvalue weighted by Crippen LogP contribution is 2.28. The Balaban J connectivity index is 1.89. The van der Waals surface area contributed by atoms with Crippen LogP contribution in [-0.2, 0) is 0 Å². The van der Waals surface area contributed by atoms with Gasteiger partial charge >= 0.3 is 0 Å². The molecule has 0 aromatic rings. The molecule has 2 heteroatoms. The molecule has 2 rings (SSSR count). The van der Waals surface area contributed by atoms with Crippen LogP contribution in [0.1, 0.15) is 58.8 Å². The Morgan fingerprint density at radius 3 is 2.59 bits per heavy atom. The van der Waals surface area contributed by atoms with E-state index in [9.17, 15) is 0 Å². The van der Waals surface area contributed by atoms with E-state index in [1.54, 1.807) is 0 Å². The minimum Gasteiger partial charge on any atom is -0.327 e. The van der Waals surface area contributed by atoms with Crippen molar-refractivity contribution < 1.29 is 0 Å². The highest BCUT2D eigenvalue weighted by atomic mass is 15.2. The molecular formula is C15H30N2. The van der Waals surface area contributed by atoms with E-state index in [2.05, 4.69) is 18.7 Å². The van der Waals surface area contributed by atoms with E-state index in [4.69, 9.17) is 5.73 Å². The molecule has 0 spiro atoms. The summed E-state index contributed by atoms with van der Waals surface area (Å²) in [7, 11) is 0. The van der Waals surface area contributed by atoms with Crippen LogP contribution in [0.3, 0.4) is 0 Å². The van der Waals surface area contributed by atoms with Crippen LogP contribution in [0, 0.1) is 11.8 Å². The Kier molecular flexibility index (Phi) is 4.87. The van der Waals surface area contributed by atoms with Gasteiger partial charge in [-0.3, -0.25) is 0 Å². The number of likely N-dealkylation sites (tertiary alicyclic amines) is 1. The van der Waals surface area contributed by atoms with Crippen molar-refractivity contribution >= 4 is 0 Å². The van der Waals surface area contributed by atoms with Crippen molar-refractivity contribution in [1.82, 2.24) is 4.90 Å². The van der Waals surface area contributed by atoms with Gasteiger partial charge in [0.05, 0.1) is 0 Å². The second kappa shape index (κ2) is 6.19. The van der Waals surface area contributed by atoms with Crippen LogP contribution in [0.4, 0.5) is 0 Å². The van der Waals surface area contributed by atoms with Gasteiger partial charge in [0.1, 0.15) is 0 Å². The minimum atomic E-state index is 0.460. The van der Waals surface area contributed by atoms with E-state index in [-0.39, 0.29) is 0 Å². The summed E-state index contributed by atoms with van der Waals surface area (Å²) in [5.74, 6) is 1.62. The fraction of sp³-hybridized carbons (Fsp3) is 1.00. The molecule has 0 amide bonds. The molecule has 1 heterocycles. The molecular weight excluding hydrogens is 208 g/mol. The van der Waals surface area contributed by atoms with Gasteiger partial charge in [-0.25, -0.2) is 0 Å². The van der Waals surface area contributed by atoms with Crippen LogP contribution in [0.25, 0.3) is 0 Å². The van der Waals surface area contributed by atoms with Crippen molar-refractivity contribution in [3.05, 3.63) is 0 Å². The largest absolute Gasteiger partial charge is 0.327 e. The second-order valence-electron chi connectivity index (χ2n) is 6.42. The first-order chi connectivity index (χ1) is 8.18. The number of nitrogens with zero attached hydrogens (tertiary/aromatic N) is 1. The topological polar surface area (TPSA) is 29.3 Å². The number of hydrogen-bond acceptors (Lipinski definition) is 2. The highest BCUT2D eigenvalue weighted by Gasteiger charge is 2.29. The van der Waals surface area contributed by atoms with E-state index in [1.165, 1.54) is 58.0 Å². The lowest BCUT2D eigenvalue weighted by molar-refractivity contribution is 0.0880. The van der Waals surface area contributed by atoms with E-state index >= 15 is 0 Å². The molecule has 1 aliphatic heterocycles. The zero-order valence-corrected chi connectivity index (χ0v) is 11.7. The van der Waals surface area contributed by atoms with Crippen LogP contribution in [0.5, 0.6) is 0 Å². The summed E-state index contributed by atoms with van der Waals surface area (Å²) < 4.78 is 0. The van der Waals surface area contributed by atoms with Gasteiger partial charge < -0.3 is 10.6 Å². The van der Waals surface area contributed by atoms with Gasteiger partial charge in [0, 0.05) is 18.6 Å². The van der Waals surface area contributed by atoms with Crippen LogP contribution in [0.15, 0.2) is 0 Å². The zero-order valence-electron chi connectivity index (χ0n) is 11.7. The molecule has 17 heavy (non-hydrogen) atoms. The minimum absolute atomic E-state index is 0.460. The van der Waals surface area contributed by atoms with Gasteiger partial charge in [-0.1, -0.05) is 26.2 Å². The van der Waals surface area contributed by atoms with Crippen molar-refractivity contribution in [2.24, 2.45) is 17.6 Å². The van der Waals surface area contributed by atoms with Crippen LogP contribution >= 0.6 is 0 Å². The molecule has 0 radical (unpaired) electrons. The van der Waals surface area contributed by atoms with Crippen molar-refractivity contribution in [3.8, 4) is 0 Å².